The lowest BCUT2D eigenvalue weighted by Crippen LogP contribution is -2.42. The minimum atomic E-state index is 0.145. The molecule has 0 bridgehead atoms. The highest BCUT2D eigenvalue weighted by Crippen LogP contribution is 2.13. The van der Waals surface area contributed by atoms with Gasteiger partial charge < -0.3 is 15.7 Å². The normalized spacial score (nSPS) is 22.1. The van der Waals surface area contributed by atoms with Gasteiger partial charge in [0, 0.05) is 24.7 Å². The molecule has 0 radical (unpaired) electrons. The van der Waals surface area contributed by atoms with E-state index in [2.05, 4.69) is 23.0 Å². The van der Waals surface area contributed by atoms with E-state index < -0.39 is 0 Å². The van der Waals surface area contributed by atoms with Crippen molar-refractivity contribution in [1.29, 1.82) is 0 Å². The Morgan fingerprint density at radius 3 is 3.17 bits per heavy atom. The van der Waals surface area contributed by atoms with Crippen LogP contribution in [0, 0.1) is 0 Å². The zero-order valence-corrected chi connectivity index (χ0v) is 10.5. The first-order valence-electron chi connectivity index (χ1n) is 6.09. The molecule has 1 aliphatic rings. The van der Waals surface area contributed by atoms with Crippen molar-refractivity contribution in [2.24, 2.45) is 10.9 Å². The van der Waals surface area contributed by atoms with Crippen molar-refractivity contribution in [3.63, 3.8) is 0 Å². The summed E-state index contributed by atoms with van der Waals surface area (Å²) in [4.78, 5) is 2.37. The van der Waals surface area contributed by atoms with E-state index in [1.54, 1.807) is 0 Å². The van der Waals surface area contributed by atoms with E-state index in [1.807, 2.05) is 18.2 Å². The van der Waals surface area contributed by atoms with Gasteiger partial charge in [0.25, 0.3) is 0 Å². The van der Waals surface area contributed by atoms with Gasteiger partial charge in [-0.05, 0) is 18.6 Å². The number of hydrogen-bond acceptors (Lipinski definition) is 4. The molecule has 0 aromatic heterocycles. The first-order valence-corrected chi connectivity index (χ1v) is 6.09. The van der Waals surface area contributed by atoms with Crippen molar-refractivity contribution in [3.8, 4) is 0 Å². The molecule has 1 unspecified atom stereocenters. The fraction of sp³-hybridized carbons (Fsp3) is 0.462. The van der Waals surface area contributed by atoms with E-state index >= 15 is 0 Å². The van der Waals surface area contributed by atoms with Crippen LogP contribution in [0.5, 0.6) is 0 Å². The number of ether oxygens (including phenoxy) is 1. The lowest BCUT2D eigenvalue weighted by molar-refractivity contribution is -0.00436. The summed E-state index contributed by atoms with van der Waals surface area (Å²) in [7, 11) is 0. The molecule has 3 N–H and O–H groups in total. The molecule has 0 saturated carbocycles. The molecule has 0 aliphatic carbocycles. The molecule has 1 aromatic carbocycles. The average Bonchev–Trinajstić information content (AvgIpc) is 2.41. The van der Waals surface area contributed by atoms with Crippen LogP contribution >= 0.6 is 0 Å². The lowest BCUT2D eigenvalue weighted by atomic mass is 10.1. The summed E-state index contributed by atoms with van der Waals surface area (Å²) in [6.45, 7) is 5.52. The number of nitrogens with two attached hydrogens (primary N) is 1. The Balaban J connectivity index is 2.09. The van der Waals surface area contributed by atoms with Crippen molar-refractivity contribution < 1.29 is 9.94 Å². The molecule has 1 aromatic rings. The first-order chi connectivity index (χ1) is 8.70. The number of hydrogen-bond donors (Lipinski definition) is 2. The molecule has 98 valence electrons. The largest absolute Gasteiger partial charge is 0.409 e. The quantitative estimate of drug-likeness (QED) is 0.363. The van der Waals surface area contributed by atoms with Crippen LogP contribution in [0.2, 0.25) is 0 Å². The Bertz CT molecular complexity index is 434. The zero-order valence-electron chi connectivity index (χ0n) is 10.5. The highest BCUT2D eigenvalue weighted by atomic mass is 16.5. The van der Waals surface area contributed by atoms with Gasteiger partial charge >= 0.3 is 0 Å². The van der Waals surface area contributed by atoms with Crippen molar-refractivity contribution in [2.45, 2.75) is 19.5 Å². The van der Waals surface area contributed by atoms with E-state index in [-0.39, 0.29) is 5.84 Å². The summed E-state index contributed by atoms with van der Waals surface area (Å²) in [5, 5.41) is 11.7. The Kier molecular flexibility index (Phi) is 4.17. The molecule has 1 saturated heterocycles. The van der Waals surface area contributed by atoms with Gasteiger partial charge in [-0.15, -0.1) is 0 Å². The number of morpholine rings is 1. The van der Waals surface area contributed by atoms with E-state index in [9.17, 15) is 0 Å². The van der Waals surface area contributed by atoms with Crippen molar-refractivity contribution in [1.82, 2.24) is 4.90 Å². The fourth-order valence-electron chi connectivity index (χ4n) is 2.12. The van der Waals surface area contributed by atoms with Gasteiger partial charge in [-0.2, -0.15) is 0 Å². The molecular weight excluding hydrogens is 230 g/mol. The van der Waals surface area contributed by atoms with E-state index in [0.717, 1.165) is 37.4 Å². The molecule has 0 spiro atoms. The van der Waals surface area contributed by atoms with Gasteiger partial charge in [0.1, 0.15) is 0 Å². The first kappa shape index (κ1) is 12.9. The minimum Gasteiger partial charge on any atom is -0.409 e. The third-order valence-electron chi connectivity index (χ3n) is 3.22. The number of nitrogens with zero attached hydrogens (tertiary/aromatic N) is 2. The van der Waals surface area contributed by atoms with Gasteiger partial charge in [0.05, 0.1) is 13.2 Å². The van der Waals surface area contributed by atoms with Crippen LogP contribution in [0.3, 0.4) is 0 Å². The second-order valence-corrected chi connectivity index (χ2v) is 4.58. The SMILES string of the molecule is CC1COCCN1Cc1cccc(/C(N)=N/O)c1. The van der Waals surface area contributed by atoms with Gasteiger partial charge in [0.15, 0.2) is 5.84 Å². The standard InChI is InChI=1S/C13H19N3O2/c1-10-9-18-6-5-16(10)8-11-3-2-4-12(7-11)13(14)15-17/h2-4,7,10,17H,5-6,8-9H2,1H3,(H2,14,15). The van der Waals surface area contributed by atoms with Crippen LogP contribution in [0.1, 0.15) is 18.1 Å². The molecule has 1 heterocycles. The summed E-state index contributed by atoms with van der Waals surface area (Å²) in [5.41, 5.74) is 7.50. The second kappa shape index (κ2) is 5.84. The van der Waals surface area contributed by atoms with Crippen LogP contribution in [0.4, 0.5) is 0 Å². The van der Waals surface area contributed by atoms with Crippen LogP contribution in [0.25, 0.3) is 0 Å². The Labute approximate surface area is 107 Å². The smallest absolute Gasteiger partial charge is 0.170 e. The second-order valence-electron chi connectivity index (χ2n) is 4.58. The number of rotatable bonds is 3. The molecule has 1 aliphatic heterocycles. The number of oxime groups is 1. The highest BCUT2D eigenvalue weighted by molar-refractivity contribution is 5.97. The van der Waals surface area contributed by atoms with Crippen molar-refractivity contribution in [3.05, 3.63) is 35.4 Å². The molecule has 5 heteroatoms. The summed E-state index contributed by atoms with van der Waals surface area (Å²) >= 11 is 0. The maximum atomic E-state index is 8.68. The summed E-state index contributed by atoms with van der Waals surface area (Å²) in [6, 6.07) is 8.19. The van der Waals surface area contributed by atoms with Crippen LogP contribution in [-0.2, 0) is 11.3 Å². The third kappa shape index (κ3) is 3.00. The van der Waals surface area contributed by atoms with Crippen LogP contribution in [0.15, 0.2) is 29.4 Å². The average molecular weight is 249 g/mol. The molecule has 18 heavy (non-hydrogen) atoms. The Hall–Kier alpha value is -1.59. The topological polar surface area (TPSA) is 71.1 Å². The van der Waals surface area contributed by atoms with Gasteiger partial charge in [-0.25, -0.2) is 0 Å². The third-order valence-corrected chi connectivity index (χ3v) is 3.22. The van der Waals surface area contributed by atoms with E-state index in [1.165, 1.54) is 0 Å². The summed E-state index contributed by atoms with van der Waals surface area (Å²) in [6.07, 6.45) is 0. The molecule has 1 atom stereocenters. The Morgan fingerprint density at radius 1 is 1.61 bits per heavy atom. The lowest BCUT2D eigenvalue weighted by Gasteiger charge is -2.33. The van der Waals surface area contributed by atoms with Crippen LogP contribution in [-0.4, -0.2) is 41.7 Å². The fourth-order valence-corrected chi connectivity index (χ4v) is 2.12. The minimum absolute atomic E-state index is 0.145. The number of amidine groups is 1. The zero-order chi connectivity index (χ0) is 13.0. The van der Waals surface area contributed by atoms with Crippen molar-refractivity contribution >= 4 is 5.84 Å². The monoisotopic (exact) mass is 249 g/mol. The van der Waals surface area contributed by atoms with Crippen LogP contribution < -0.4 is 5.73 Å². The molecule has 0 amide bonds. The van der Waals surface area contributed by atoms with Crippen molar-refractivity contribution in [2.75, 3.05) is 19.8 Å². The van der Waals surface area contributed by atoms with E-state index in [0.29, 0.717) is 6.04 Å². The molecule has 5 nitrogen and oxygen atoms in total. The maximum absolute atomic E-state index is 8.68. The molecule has 1 fully saturated rings. The van der Waals surface area contributed by atoms with Gasteiger partial charge in [-0.1, -0.05) is 23.4 Å². The van der Waals surface area contributed by atoms with Gasteiger partial charge in [0.2, 0.25) is 0 Å². The molecule has 2 rings (SSSR count). The molecular formula is C13H19N3O2. The van der Waals surface area contributed by atoms with E-state index in [4.69, 9.17) is 15.7 Å². The Morgan fingerprint density at radius 2 is 2.44 bits per heavy atom. The predicted octanol–water partition coefficient (Wildman–Crippen LogP) is 1.00. The summed E-state index contributed by atoms with van der Waals surface area (Å²) < 4.78 is 5.42. The highest BCUT2D eigenvalue weighted by Gasteiger charge is 2.18. The van der Waals surface area contributed by atoms with Gasteiger partial charge in [-0.3, -0.25) is 4.90 Å². The summed E-state index contributed by atoms with van der Waals surface area (Å²) in [5.74, 6) is 0.145. The number of benzene rings is 1. The maximum Gasteiger partial charge on any atom is 0.170 e. The predicted molar refractivity (Wildman–Crippen MR) is 69.6 cm³/mol.